The molecule has 1 unspecified atom stereocenters. The summed E-state index contributed by atoms with van der Waals surface area (Å²) >= 11 is 0. The zero-order valence-corrected chi connectivity index (χ0v) is 8.62. The fraction of sp³-hybridized carbons (Fsp3) is 0.600. The Balaban J connectivity index is 2.90. The van der Waals surface area contributed by atoms with Crippen LogP contribution in [0.4, 0.5) is 0 Å². The molecular weight excluding hydrogens is 184 g/mol. The Morgan fingerprint density at radius 3 is 2.50 bits per heavy atom. The Hall–Kier alpha value is -1.32. The van der Waals surface area contributed by atoms with E-state index >= 15 is 0 Å². The molecule has 1 aliphatic heterocycles. The Labute approximate surface area is 82.9 Å². The van der Waals surface area contributed by atoms with E-state index in [0.29, 0.717) is 0 Å². The van der Waals surface area contributed by atoms with Gasteiger partial charge in [-0.1, -0.05) is 6.58 Å². The Kier molecular flexibility index (Phi) is 2.39. The van der Waals surface area contributed by atoms with Crippen LogP contribution in [-0.4, -0.2) is 24.1 Å². The lowest BCUT2D eigenvalue weighted by molar-refractivity contribution is -0.161. The largest absolute Gasteiger partial charge is 0.461 e. The number of hydrogen-bond acceptors (Lipinski definition) is 4. The molecule has 1 rings (SSSR count). The van der Waals surface area contributed by atoms with Crippen LogP contribution in [0.15, 0.2) is 12.7 Å². The molecule has 4 nitrogen and oxygen atoms in total. The highest BCUT2D eigenvalue weighted by Gasteiger charge is 2.56. The molecule has 0 aromatic heterocycles. The summed E-state index contributed by atoms with van der Waals surface area (Å²) in [6.07, 6.45) is 1.07. The molecule has 1 fully saturated rings. The third kappa shape index (κ3) is 1.41. The van der Waals surface area contributed by atoms with Gasteiger partial charge >= 0.3 is 11.9 Å². The standard InChI is InChI=1S/C10H14O4/c1-5-7(11)14-10(4)6-13-8(12)9(10,2)3/h5H,1,6H2,2-4H3. The predicted molar refractivity (Wildman–Crippen MR) is 49.4 cm³/mol. The van der Waals surface area contributed by atoms with Gasteiger partial charge in [0.1, 0.15) is 12.0 Å². The summed E-state index contributed by atoms with van der Waals surface area (Å²) in [6, 6.07) is 0. The van der Waals surface area contributed by atoms with E-state index in [0.717, 1.165) is 6.08 Å². The molecule has 0 aliphatic carbocycles. The van der Waals surface area contributed by atoms with Crippen LogP contribution in [0, 0.1) is 5.41 Å². The van der Waals surface area contributed by atoms with E-state index < -0.39 is 17.0 Å². The van der Waals surface area contributed by atoms with Crippen molar-refractivity contribution >= 4 is 11.9 Å². The minimum atomic E-state index is -0.907. The summed E-state index contributed by atoms with van der Waals surface area (Å²) in [4.78, 5) is 22.4. The second kappa shape index (κ2) is 3.12. The van der Waals surface area contributed by atoms with Crippen LogP contribution in [0.5, 0.6) is 0 Å². The molecule has 0 bridgehead atoms. The smallest absolute Gasteiger partial charge is 0.330 e. The van der Waals surface area contributed by atoms with Gasteiger partial charge in [-0.25, -0.2) is 4.79 Å². The third-order valence-electron chi connectivity index (χ3n) is 2.80. The lowest BCUT2D eigenvalue weighted by Crippen LogP contribution is -2.46. The first-order chi connectivity index (χ1) is 6.33. The molecule has 14 heavy (non-hydrogen) atoms. The average molecular weight is 198 g/mol. The highest BCUT2D eigenvalue weighted by atomic mass is 16.6. The topological polar surface area (TPSA) is 52.6 Å². The van der Waals surface area contributed by atoms with Gasteiger partial charge in [-0.15, -0.1) is 0 Å². The maximum atomic E-state index is 11.3. The minimum Gasteiger partial charge on any atom is -0.461 e. The fourth-order valence-electron chi connectivity index (χ4n) is 1.20. The SMILES string of the molecule is C=CC(=O)OC1(C)COC(=O)C1(C)C. The molecule has 0 spiro atoms. The molecule has 78 valence electrons. The molecule has 1 heterocycles. The average Bonchev–Trinajstić information content (AvgIpc) is 2.30. The maximum Gasteiger partial charge on any atom is 0.330 e. The van der Waals surface area contributed by atoms with Gasteiger partial charge in [0.2, 0.25) is 0 Å². The summed E-state index contributed by atoms with van der Waals surface area (Å²) in [5.41, 5.74) is -1.72. The van der Waals surface area contributed by atoms with Gasteiger partial charge in [-0.2, -0.15) is 0 Å². The van der Waals surface area contributed by atoms with Crippen LogP contribution < -0.4 is 0 Å². The minimum absolute atomic E-state index is 0.0956. The second-order valence-corrected chi connectivity index (χ2v) is 4.06. The summed E-state index contributed by atoms with van der Waals surface area (Å²) in [5, 5.41) is 0. The summed E-state index contributed by atoms with van der Waals surface area (Å²) in [6.45, 7) is 8.46. The molecule has 0 saturated carbocycles. The van der Waals surface area contributed by atoms with Crippen molar-refractivity contribution < 1.29 is 19.1 Å². The van der Waals surface area contributed by atoms with Crippen LogP contribution in [-0.2, 0) is 19.1 Å². The molecular formula is C10H14O4. The fourth-order valence-corrected chi connectivity index (χ4v) is 1.20. The number of carbonyl (C=O) groups is 2. The van der Waals surface area contributed by atoms with E-state index in [2.05, 4.69) is 6.58 Å². The maximum absolute atomic E-state index is 11.3. The van der Waals surface area contributed by atoms with Gasteiger partial charge in [-0.3, -0.25) is 4.79 Å². The van der Waals surface area contributed by atoms with Crippen molar-refractivity contribution in [1.29, 1.82) is 0 Å². The monoisotopic (exact) mass is 198 g/mol. The van der Waals surface area contributed by atoms with Crippen molar-refractivity contribution in [3.8, 4) is 0 Å². The van der Waals surface area contributed by atoms with Gasteiger partial charge in [0.25, 0.3) is 0 Å². The van der Waals surface area contributed by atoms with Crippen LogP contribution in [0.25, 0.3) is 0 Å². The lowest BCUT2D eigenvalue weighted by Gasteiger charge is -2.32. The Morgan fingerprint density at radius 2 is 2.14 bits per heavy atom. The lowest BCUT2D eigenvalue weighted by atomic mass is 9.78. The number of cyclic esters (lactones) is 1. The zero-order chi connectivity index (χ0) is 11.0. The number of carbonyl (C=O) groups excluding carboxylic acids is 2. The first kappa shape index (κ1) is 10.8. The number of esters is 2. The molecule has 4 heteroatoms. The Bertz CT molecular complexity index is 292. The van der Waals surface area contributed by atoms with E-state index in [1.165, 1.54) is 0 Å². The van der Waals surface area contributed by atoms with Crippen molar-refractivity contribution in [2.45, 2.75) is 26.4 Å². The van der Waals surface area contributed by atoms with Crippen molar-refractivity contribution in [1.82, 2.24) is 0 Å². The van der Waals surface area contributed by atoms with Crippen LogP contribution >= 0.6 is 0 Å². The molecule has 1 atom stereocenters. The van der Waals surface area contributed by atoms with Gasteiger partial charge < -0.3 is 9.47 Å². The normalized spacial score (nSPS) is 29.5. The first-order valence-corrected chi connectivity index (χ1v) is 4.36. The van der Waals surface area contributed by atoms with Crippen molar-refractivity contribution in [3.63, 3.8) is 0 Å². The Morgan fingerprint density at radius 1 is 1.57 bits per heavy atom. The highest BCUT2D eigenvalue weighted by molar-refractivity contribution is 5.84. The third-order valence-corrected chi connectivity index (χ3v) is 2.80. The number of rotatable bonds is 2. The molecule has 0 radical (unpaired) electrons. The molecule has 0 N–H and O–H groups in total. The van der Waals surface area contributed by atoms with Crippen LogP contribution in [0.3, 0.4) is 0 Å². The van der Waals surface area contributed by atoms with Crippen molar-refractivity contribution in [2.75, 3.05) is 6.61 Å². The van der Waals surface area contributed by atoms with E-state index in [1.807, 2.05) is 0 Å². The summed E-state index contributed by atoms with van der Waals surface area (Å²) in [7, 11) is 0. The first-order valence-electron chi connectivity index (χ1n) is 4.36. The predicted octanol–water partition coefficient (Wildman–Crippen LogP) is 1.06. The van der Waals surface area contributed by atoms with Crippen LogP contribution in [0.1, 0.15) is 20.8 Å². The highest BCUT2D eigenvalue weighted by Crippen LogP contribution is 2.40. The van der Waals surface area contributed by atoms with Gasteiger partial charge in [-0.05, 0) is 20.8 Å². The number of hydrogen-bond donors (Lipinski definition) is 0. The van der Waals surface area contributed by atoms with Gasteiger partial charge in [0, 0.05) is 6.08 Å². The molecule has 0 aromatic carbocycles. The molecule has 1 aliphatic rings. The van der Waals surface area contributed by atoms with Gasteiger partial charge in [0.05, 0.1) is 0 Å². The van der Waals surface area contributed by atoms with Crippen molar-refractivity contribution in [3.05, 3.63) is 12.7 Å². The quantitative estimate of drug-likeness (QED) is 0.491. The molecule has 0 aromatic rings. The summed E-state index contributed by atoms with van der Waals surface area (Å²) < 4.78 is 10.0. The zero-order valence-electron chi connectivity index (χ0n) is 8.62. The summed E-state index contributed by atoms with van der Waals surface area (Å²) in [5.74, 6) is -0.893. The van der Waals surface area contributed by atoms with Crippen molar-refractivity contribution in [2.24, 2.45) is 5.41 Å². The van der Waals surface area contributed by atoms with Crippen LogP contribution in [0.2, 0.25) is 0 Å². The molecule has 1 saturated heterocycles. The van der Waals surface area contributed by atoms with E-state index in [4.69, 9.17) is 9.47 Å². The second-order valence-electron chi connectivity index (χ2n) is 4.06. The van der Waals surface area contributed by atoms with Gasteiger partial charge in [0.15, 0.2) is 5.60 Å². The number of ether oxygens (including phenoxy) is 2. The van der Waals surface area contributed by atoms with E-state index in [-0.39, 0.29) is 12.6 Å². The van der Waals surface area contributed by atoms with E-state index in [9.17, 15) is 9.59 Å². The van der Waals surface area contributed by atoms with E-state index in [1.54, 1.807) is 20.8 Å². The molecule has 0 amide bonds.